The van der Waals surface area contributed by atoms with Gasteiger partial charge in [0.05, 0.1) is 6.61 Å². The molecule has 0 amide bonds. The number of rotatable bonds is 4. The van der Waals surface area contributed by atoms with E-state index in [2.05, 4.69) is 10.2 Å². The fourth-order valence-corrected chi connectivity index (χ4v) is 2.80. The summed E-state index contributed by atoms with van der Waals surface area (Å²) in [5, 5.41) is 3.75. The van der Waals surface area contributed by atoms with E-state index in [4.69, 9.17) is 17.0 Å². The number of hydrogen-bond donors (Lipinski definition) is 1. The Bertz CT molecular complexity index is 494. The van der Waals surface area contributed by atoms with Crippen LogP contribution in [-0.4, -0.2) is 42.5 Å². The van der Waals surface area contributed by atoms with Crippen LogP contribution < -0.4 is 10.1 Å². The third kappa shape index (κ3) is 3.94. The molecule has 0 unspecified atom stereocenters. The standard InChI is InChI=1S/C16H22N2O2S/c1-3-20-14-6-4-12(5-7-14)15(19)13-8-10-18(11-9-13)16(21)17-2/h4-7,13H,3,8-11H2,1-2H3,(H,17,21). The number of nitrogens with one attached hydrogen (secondary N) is 1. The Morgan fingerprint density at radius 2 is 1.95 bits per heavy atom. The molecular formula is C16H22N2O2S. The maximum atomic E-state index is 12.5. The summed E-state index contributed by atoms with van der Waals surface area (Å²) >= 11 is 5.23. The van der Waals surface area contributed by atoms with Gasteiger partial charge in [-0.3, -0.25) is 4.79 Å². The molecule has 1 aromatic carbocycles. The summed E-state index contributed by atoms with van der Waals surface area (Å²) in [5.74, 6) is 1.13. The van der Waals surface area contributed by atoms with Crippen molar-refractivity contribution in [2.24, 2.45) is 5.92 Å². The molecule has 0 spiro atoms. The highest BCUT2D eigenvalue weighted by molar-refractivity contribution is 7.80. The quantitative estimate of drug-likeness (QED) is 0.684. The van der Waals surface area contributed by atoms with Gasteiger partial charge in [-0.2, -0.15) is 0 Å². The third-order valence-corrected chi connectivity index (χ3v) is 4.28. The molecule has 1 heterocycles. The average molecular weight is 306 g/mol. The normalized spacial score (nSPS) is 15.6. The van der Waals surface area contributed by atoms with Crippen LogP contribution in [0.3, 0.4) is 0 Å². The van der Waals surface area contributed by atoms with E-state index in [9.17, 15) is 4.79 Å². The number of carbonyl (C=O) groups excluding carboxylic acids is 1. The second-order valence-corrected chi connectivity index (χ2v) is 5.52. The summed E-state index contributed by atoms with van der Waals surface area (Å²) in [6.45, 7) is 4.26. The number of Topliss-reactive ketones (excluding diaryl/α,β-unsaturated/α-hetero) is 1. The Balaban J connectivity index is 1.93. The Morgan fingerprint density at radius 3 is 2.48 bits per heavy atom. The topological polar surface area (TPSA) is 41.6 Å². The molecule has 21 heavy (non-hydrogen) atoms. The van der Waals surface area contributed by atoms with Gasteiger partial charge in [-0.15, -0.1) is 0 Å². The Hall–Kier alpha value is -1.62. The molecule has 1 aliphatic heterocycles. The van der Waals surface area contributed by atoms with Crippen molar-refractivity contribution in [3.8, 4) is 5.75 Å². The zero-order valence-electron chi connectivity index (χ0n) is 12.6. The van der Waals surface area contributed by atoms with Crippen molar-refractivity contribution < 1.29 is 9.53 Å². The van der Waals surface area contributed by atoms with Crippen molar-refractivity contribution in [3.05, 3.63) is 29.8 Å². The van der Waals surface area contributed by atoms with Crippen molar-refractivity contribution in [2.75, 3.05) is 26.7 Å². The fourth-order valence-electron chi connectivity index (χ4n) is 2.62. The Morgan fingerprint density at radius 1 is 1.33 bits per heavy atom. The van der Waals surface area contributed by atoms with Crippen LogP contribution >= 0.6 is 12.2 Å². The molecule has 1 fully saturated rings. The van der Waals surface area contributed by atoms with Crippen molar-refractivity contribution in [2.45, 2.75) is 19.8 Å². The van der Waals surface area contributed by atoms with Gasteiger partial charge in [-0.1, -0.05) is 0 Å². The van der Waals surface area contributed by atoms with Gasteiger partial charge in [0.15, 0.2) is 10.9 Å². The Kier molecular flexibility index (Phi) is 5.56. The molecule has 4 nitrogen and oxygen atoms in total. The number of thiocarbonyl (C=S) groups is 1. The van der Waals surface area contributed by atoms with E-state index < -0.39 is 0 Å². The van der Waals surface area contributed by atoms with Crippen LogP contribution in [0.25, 0.3) is 0 Å². The molecule has 0 saturated carbocycles. The van der Waals surface area contributed by atoms with Crippen LogP contribution in [0.1, 0.15) is 30.1 Å². The van der Waals surface area contributed by atoms with Crippen molar-refractivity contribution in [1.82, 2.24) is 10.2 Å². The molecule has 0 aromatic heterocycles. The highest BCUT2D eigenvalue weighted by atomic mass is 32.1. The number of carbonyl (C=O) groups is 1. The zero-order valence-corrected chi connectivity index (χ0v) is 13.4. The summed E-state index contributed by atoms with van der Waals surface area (Å²) in [7, 11) is 1.83. The van der Waals surface area contributed by atoms with E-state index in [1.54, 1.807) is 0 Å². The van der Waals surface area contributed by atoms with Crippen LogP contribution in [0.4, 0.5) is 0 Å². The first-order valence-corrected chi connectivity index (χ1v) is 7.80. The van der Waals surface area contributed by atoms with E-state index in [1.165, 1.54) is 0 Å². The second-order valence-electron chi connectivity index (χ2n) is 5.14. The molecule has 2 rings (SSSR count). The minimum absolute atomic E-state index is 0.0962. The molecule has 1 aliphatic rings. The highest BCUT2D eigenvalue weighted by Gasteiger charge is 2.26. The summed E-state index contributed by atoms with van der Waals surface area (Å²) in [5.41, 5.74) is 0.771. The summed E-state index contributed by atoms with van der Waals surface area (Å²) < 4.78 is 5.40. The molecule has 1 aromatic rings. The predicted octanol–water partition coefficient (Wildman–Crippen LogP) is 2.48. The first-order chi connectivity index (χ1) is 10.2. The minimum atomic E-state index is 0.0962. The maximum absolute atomic E-state index is 12.5. The number of likely N-dealkylation sites (tertiary alicyclic amines) is 1. The number of benzene rings is 1. The lowest BCUT2D eigenvalue weighted by molar-refractivity contribution is 0.0872. The van der Waals surface area contributed by atoms with Crippen molar-refractivity contribution in [3.63, 3.8) is 0 Å². The van der Waals surface area contributed by atoms with E-state index in [0.717, 1.165) is 42.4 Å². The molecule has 0 bridgehead atoms. The summed E-state index contributed by atoms with van der Waals surface area (Å²) in [4.78, 5) is 14.6. The van der Waals surface area contributed by atoms with Gasteiger partial charge < -0.3 is 15.0 Å². The van der Waals surface area contributed by atoms with E-state index in [1.807, 2.05) is 38.2 Å². The molecule has 0 atom stereocenters. The minimum Gasteiger partial charge on any atom is -0.494 e. The average Bonchev–Trinajstić information content (AvgIpc) is 2.54. The van der Waals surface area contributed by atoms with Crippen LogP contribution in [0.2, 0.25) is 0 Å². The van der Waals surface area contributed by atoms with Crippen LogP contribution in [0, 0.1) is 5.92 Å². The molecule has 5 heteroatoms. The summed E-state index contributed by atoms with van der Waals surface area (Å²) in [6, 6.07) is 7.44. The van der Waals surface area contributed by atoms with Gasteiger partial charge in [0.1, 0.15) is 5.75 Å². The number of piperidine rings is 1. The number of nitrogens with zero attached hydrogens (tertiary/aromatic N) is 1. The maximum Gasteiger partial charge on any atom is 0.168 e. The van der Waals surface area contributed by atoms with Crippen molar-refractivity contribution in [1.29, 1.82) is 0 Å². The van der Waals surface area contributed by atoms with Gasteiger partial charge in [0, 0.05) is 31.6 Å². The SMILES string of the molecule is CCOc1ccc(C(=O)C2CCN(C(=S)NC)CC2)cc1. The highest BCUT2D eigenvalue weighted by Crippen LogP contribution is 2.23. The lowest BCUT2D eigenvalue weighted by Gasteiger charge is -2.32. The largest absolute Gasteiger partial charge is 0.494 e. The van der Waals surface area contributed by atoms with E-state index in [-0.39, 0.29) is 11.7 Å². The van der Waals surface area contributed by atoms with Gasteiger partial charge >= 0.3 is 0 Å². The first-order valence-electron chi connectivity index (χ1n) is 7.39. The van der Waals surface area contributed by atoms with Gasteiger partial charge in [-0.05, 0) is 56.2 Å². The lowest BCUT2D eigenvalue weighted by Crippen LogP contribution is -2.44. The number of hydrogen-bond acceptors (Lipinski definition) is 3. The molecular weight excluding hydrogens is 284 g/mol. The second kappa shape index (κ2) is 7.41. The first kappa shape index (κ1) is 15.8. The predicted molar refractivity (Wildman–Crippen MR) is 87.9 cm³/mol. The zero-order chi connectivity index (χ0) is 15.2. The molecule has 0 radical (unpaired) electrons. The van der Waals surface area contributed by atoms with Gasteiger partial charge in [0.25, 0.3) is 0 Å². The smallest absolute Gasteiger partial charge is 0.168 e. The fraction of sp³-hybridized carbons (Fsp3) is 0.500. The molecule has 0 aliphatic carbocycles. The monoisotopic (exact) mass is 306 g/mol. The van der Waals surface area contributed by atoms with Crippen LogP contribution in [0.15, 0.2) is 24.3 Å². The van der Waals surface area contributed by atoms with Gasteiger partial charge in [-0.25, -0.2) is 0 Å². The van der Waals surface area contributed by atoms with Crippen molar-refractivity contribution >= 4 is 23.1 Å². The van der Waals surface area contributed by atoms with Gasteiger partial charge in [0.2, 0.25) is 0 Å². The van der Waals surface area contributed by atoms with E-state index >= 15 is 0 Å². The molecule has 1 saturated heterocycles. The summed E-state index contributed by atoms with van der Waals surface area (Å²) in [6.07, 6.45) is 1.71. The third-order valence-electron chi connectivity index (χ3n) is 3.82. The van der Waals surface area contributed by atoms with E-state index in [0.29, 0.717) is 6.61 Å². The van der Waals surface area contributed by atoms with Crippen LogP contribution in [0.5, 0.6) is 5.75 Å². The molecule has 1 N–H and O–H groups in total. The lowest BCUT2D eigenvalue weighted by atomic mass is 9.89. The number of ketones is 1. The Labute approximate surface area is 131 Å². The van der Waals surface area contributed by atoms with Crippen LogP contribution in [-0.2, 0) is 0 Å². The number of ether oxygens (including phenoxy) is 1. The molecule has 114 valence electrons.